The van der Waals surface area contributed by atoms with Crippen LogP contribution in [0.1, 0.15) is 43.5 Å². The molecule has 9 nitrogen and oxygen atoms in total. The molecule has 0 unspecified atom stereocenters. The molecule has 0 aliphatic carbocycles. The molecule has 3 heterocycles. The van der Waals surface area contributed by atoms with Crippen molar-refractivity contribution in [3.63, 3.8) is 0 Å². The van der Waals surface area contributed by atoms with Crippen LogP contribution in [0.4, 0.5) is 5.82 Å². The van der Waals surface area contributed by atoms with E-state index in [2.05, 4.69) is 25.5 Å². The van der Waals surface area contributed by atoms with Gasteiger partial charge in [0.1, 0.15) is 11.2 Å². The van der Waals surface area contributed by atoms with Gasteiger partial charge in [-0.3, -0.25) is 14.6 Å². The Bertz CT molecular complexity index is 1360. The predicted molar refractivity (Wildman–Crippen MR) is 124 cm³/mol. The van der Waals surface area contributed by atoms with Gasteiger partial charge in [-0.15, -0.1) is 0 Å². The molecule has 1 amide bonds. The normalized spacial score (nSPS) is 11.4. The number of hydrogen-bond acceptors (Lipinski definition) is 5. The van der Waals surface area contributed by atoms with Crippen LogP contribution < -0.4 is 10.9 Å². The number of aryl methyl sites for hydroxylation is 2. The van der Waals surface area contributed by atoms with Gasteiger partial charge in [0.05, 0.1) is 17.6 Å². The van der Waals surface area contributed by atoms with E-state index >= 15 is 0 Å². The van der Waals surface area contributed by atoms with Crippen LogP contribution >= 0.6 is 0 Å². The summed E-state index contributed by atoms with van der Waals surface area (Å²) >= 11 is 0. The third-order valence-electron chi connectivity index (χ3n) is 5.87. The topological polar surface area (TPSA) is 110 Å². The first kappa shape index (κ1) is 21.5. The molecule has 0 aliphatic heterocycles. The Labute approximate surface area is 185 Å². The van der Waals surface area contributed by atoms with Gasteiger partial charge in [-0.1, -0.05) is 26.0 Å². The number of aromatic nitrogens is 6. The van der Waals surface area contributed by atoms with Crippen molar-refractivity contribution in [3.8, 4) is 11.6 Å². The zero-order chi connectivity index (χ0) is 23.0. The number of amides is 1. The number of carbonyl (C=O) groups excluding carboxylic acids is 1. The molecule has 0 saturated carbocycles. The number of fused-ring (bicyclic) bond motifs is 1. The predicted octanol–water partition coefficient (Wildman–Crippen LogP) is 3.59. The van der Waals surface area contributed by atoms with E-state index in [1.54, 1.807) is 10.7 Å². The fourth-order valence-electron chi connectivity index (χ4n) is 3.79. The molecular formula is C23H27N7O2. The molecule has 2 N–H and O–H groups in total. The summed E-state index contributed by atoms with van der Waals surface area (Å²) in [4.78, 5) is 32.9. The lowest BCUT2D eigenvalue weighted by Crippen LogP contribution is -2.24. The third-order valence-corrected chi connectivity index (χ3v) is 5.87. The lowest BCUT2D eigenvalue weighted by molar-refractivity contribution is -0.120. The molecule has 32 heavy (non-hydrogen) atoms. The summed E-state index contributed by atoms with van der Waals surface area (Å²) in [5.41, 5.74) is 3.80. The lowest BCUT2D eigenvalue weighted by Gasteiger charge is -2.13. The molecule has 9 heteroatoms. The molecule has 4 aromatic rings. The van der Waals surface area contributed by atoms with Gasteiger partial charge in [-0.05, 0) is 50.8 Å². The van der Waals surface area contributed by atoms with E-state index in [-0.39, 0.29) is 23.3 Å². The van der Waals surface area contributed by atoms with Crippen LogP contribution in [0.2, 0.25) is 0 Å². The van der Waals surface area contributed by atoms with Gasteiger partial charge in [-0.2, -0.15) is 19.9 Å². The molecule has 0 saturated heterocycles. The van der Waals surface area contributed by atoms with E-state index in [9.17, 15) is 9.59 Å². The maximum absolute atomic E-state index is 12.8. The van der Waals surface area contributed by atoms with E-state index in [0.717, 1.165) is 29.7 Å². The minimum Gasteiger partial charge on any atom is -0.310 e. The van der Waals surface area contributed by atoms with Gasteiger partial charge in [0, 0.05) is 12.0 Å². The van der Waals surface area contributed by atoms with Crippen molar-refractivity contribution >= 4 is 22.8 Å². The van der Waals surface area contributed by atoms with Crippen molar-refractivity contribution in [1.82, 2.24) is 29.5 Å². The van der Waals surface area contributed by atoms with Crippen molar-refractivity contribution in [2.24, 2.45) is 5.92 Å². The molecule has 3 aromatic heterocycles. The first-order valence-corrected chi connectivity index (χ1v) is 10.8. The lowest BCUT2D eigenvalue weighted by atomic mass is 10.0. The molecule has 0 bridgehead atoms. The summed E-state index contributed by atoms with van der Waals surface area (Å²) in [6.07, 6.45) is 2.99. The maximum atomic E-state index is 12.8. The second kappa shape index (κ2) is 8.41. The van der Waals surface area contributed by atoms with Gasteiger partial charge in [-0.25, -0.2) is 4.68 Å². The molecule has 4 rings (SSSR count). The van der Waals surface area contributed by atoms with Crippen LogP contribution in [-0.4, -0.2) is 35.4 Å². The van der Waals surface area contributed by atoms with Gasteiger partial charge >= 0.3 is 0 Å². The molecule has 0 fully saturated rings. The number of anilines is 1. The summed E-state index contributed by atoms with van der Waals surface area (Å²) in [6, 6.07) is 7.67. The van der Waals surface area contributed by atoms with Crippen LogP contribution in [0, 0.1) is 26.7 Å². The molecule has 0 spiro atoms. The highest BCUT2D eigenvalue weighted by atomic mass is 16.2. The van der Waals surface area contributed by atoms with Crippen molar-refractivity contribution in [2.45, 2.75) is 47.5 Å². The Morgan fingerprint density at radius 3 is 2.62 bits per heavy atom. The molecular weight excluding hydrogens is 406 g/mol. The Balaban J connectivity index is 1.84. The number of nitrogens with one attached hydrogen (secondary N) is 2. The fourth-order valence-corrected chi connectivity index (χ4v) is 3.79. The molecule has 166 valence electrons. The largest absolute Gasteiger partial charge is 0.310 e. The number of benzene rings is 1. The number of rotatable bonds is 6. The summed E-state index contributed by atoms with van der Waals surface area (Å²) in [6.45, 7) is 9.82. The summed E-state index contributed by atoms with van der Waals surface area (Å²) in [5, 5.41) is 12.2. The second-order valence-corrected chi connectivity index (χ2v) is 7.99. The zero-order valence-corrected chi connectivity index (χ0v) is 18.9. The van der Waals surface area contributed by atoms with Crippen LogP contribution in [0.15, 0.2) is 35.3 Å². The van der Waals surface area contributed by atoms with E-state index in [1.807, 2.05) is 52.8 Å². The SMILES string of the molecule is CCC(CC)C(=O)Nc1cc(C)nn1-c1nc2c(cnn2-c2cccc(C)c2C)c(=O)[nH]1. The Hall–Kier alpha value is -3.75. The smallest absolute Gasteiger partial charge is 0.263 e. The van der Waals surface area contributed by atoms with Gasteiger partial charge in [0.15, 0.2) is 5.65 Å². The summed E-state index contributed by atoms with van der Waals surface area (Å²) in [7, 11) is 0. The fraction of sp³-hybridized carbons (Fsp3) is 0.348. The summed E-state index contributed by atoms with van der Waals surface area (Å²) in [5.74, 6) is 0.487. The molecule has 1 aromatic carbocycles. The number of hydrogen-bond donors (Lipinski definition) is 2. The van der Waals surface area contributed by atoms with Crippen LogP contribution in [0.25, 0.3) is 22.7 Å². The number of carbonyl (C=O) groups is 1. The average molecular weight is 434 g/mol. The van der Waals surface area contributed by atoms with Crippen molar-refractivity contribution in [2.75, 3.05) is 5.32 Å². The minimum absolute atomic E-state index is 0.0833. The monoisotopic (exact) mass is 433 g/mol. The van der Waals surface area contributed by atoms with E-state index in [0.29, 0.717) is 22.5 Å². The molecule has 0 radical (unpaired) electrons. The van der Waals surface area contributed by atoms with Gasteiger partial charge in [0.2, 0.25) is 11.9 Å². The van der Waals surface area contributed by atoms with Crippen LogP contribution in [0.3, 0.4) is 0 Å². The summed E-state index contributed by atoms with van der Waals surface area (Å²) < 4.78 is 3.12. The quantitative estimate of drug-likeness (QED) is 0.483. The second-order valence-electron chi connectivity index (χ2n) is 7.99. The Kier molecular flexibility index (Phi) is 5.65. The highest BCUT2D eigenvalue weighted by Gasteiger charge is 2.20. The van der Waals surface area contributed by atoms with Crippen LogP contribution in [-0.2, 0) is 4.79 Å². The maximum Gasteiger partial charge on any atom is 0.263 e. The number of nitrogens with zero attached hydrogens (tertiary/aromatic N) is 5. The number of aromatic amines is 1. The first-order valence-electron chi connectivity index (χ1n) is 10.8. The Morgan fingerprint density at radius 2 is 1.91 bits per heavy atom. The zero-order valence-electron chi connectivity index (χ0n) is 18.9. The van der Waals surface area contributed by atoms with Crippen molar-refractivity contribution < 1.29 is 4.79 Å². The molecule has 0 atom stereocenters. The van der Waals surface area contributed by atoms with Gasteiger partial charge < -0.3 is 5.32 Å². The standard InChI is InChI=1S/C23H27N7O2/c1-6-16(7-2)21(31)25-19-11-14(4)28-30(19)23-26-20-17(22(32)27-23)12-24-29(20)18-10-8-9-13(3)15(18)5/h8-12,16H,6-7H2,1-5H3,(H,25,31)(H,26,27,32). The van der Waals surface area contributed by atoms with Crippen molar-refractivity contribution in [3.05, 3.63) is 57.6 Å². The highest BCUT2D eigenvalue weighted by molar-refractivity contribution is 5.92. The van der Waals surface area contributed by atoms with E-state index in [4.69, 9.17) is 0 Å². The van der Waals surface area contributed by atoms with E-state index < -0.39 is 0 Å². The van der Waals surface area contributed by atoms with Gasteiger partial charge in [0.25, 0.3) is 5.56 Å². The van der Waals surface area contributed by atoms with Crippen LogP contribution in [0.5, 0.6) is 0 Å². The minimum atomic E-state index is -0.327. The average Bonchev–Trinajstić information content (AvgIpc) is 3.34. The molecule has 0 aliphatic rings. The highest BCUT2D eigenvalue weighted by Crippen LogP contribution is 2.22. The first-order chi connectivity index (χ1) is 15.3. The van der Waals surface area contributed by atoms with Crippen molar-refractivity contribution in [1.29, 1.82) is 0 Å². The Morgan fingerprint density at radius 1 is 1.16 bits per heavy atom. The third kappa shape index (κ3) is 3.70. The van der Waals surface area contributed by atoms with E-state index in [1.165, 1.54) is 10.9 Å². The number of H-pyrrole nitrogens is 1.